The lowest BCUT2D eigenvalue weighted by atomic mass is 10.1. The molecule has 0 saturated carbocycles. The molecule has 0 fully saturated rings. The van der Waals surface area contributed by atoms with Crippen molar-refractivity contribution in [1.82, 2.24) is 10.6 Å². The summed E-state index contributed by atoms with van der Waals surface area (Å²) in [6.07, 6.45) is 3.24. The smallest absolute Gasteiger partial charge is 0.191 e. The van der Waals surface area contributed by atoms with E-state index in [0.717, 1.165) is 49.9 Å². The molecule has 0 radical (unpaired) electrons. The standard InChI is InChI=1S/C15H23N3O2.HI/c1-19-13-9-12(10-14(11-13)20-2)5-8-18-15-16-6-3-4-7-17-15;/h9-11H,3-8H2,1-2H3,(H2,16,17,18);1H. The van der Waals surface area contributed by atoms with Gasteiger partial charge in [0.2, 0.25) is 0 Å². The number of rotatable bonds is 5. The van der Waals surface area contributed by atoms with Gasteiger partial charge in [-0.1, -0.05) is 0 Å². The van der Waals surface area contributed by atoms with Crippen LogP contribution in [0.25, 0.3) is 0 Å². The third kappa shape index (κ3) is 5.99. The van der Waals surface area contributed by atoms with Crippen LogP contribution in [-0.4, -0.2) is 39.8 Å². The Morgan fingerprint density at radius 1 is 1.14 bits per heavy atom. The van der Waals surface area contributed by atoms with Crippen LogP contribution in [-0.2, 0) is 6.42 Å². The average Bonchev–Trinajstić information content (AvgIpc) is 2.75. The third-order valence-corrected chi connectivity index (χ3v) is 3.26. The van der Waals surface area contributed by atoms with E-state index >= 15 is 0 Å². The summed E-state index contributed by atoms with van der Waals surface area (Å²) in [5, 5.41) is 6.64. The molecule has 5 nitrogen and oxygen atoms in total. The van der Waals surface area contributed by atoms with Crippen molar-refractivity contribution in [2.45, 2.75) is 19.3 Å². The Bertz CT molecular complexity index is 444. The second-order valence-electron chi connectivity index (χ2n) is 4.76. The summed E-state index contributed by atoms with van der Waals surface area (Å²) in [6.45, 7) is 2.74. The largest absolute Gasteiger partial charge is 0.497 e. The first kappa shape index (κ1) is 17.9. The molecule has 2 rings (SSSR count). The highest BCUT2D eigenvalue weighted by Gasteiger charge is 2.04. The van der Waals surface area contributed by atoms with E-state index in [9.17, 15) is 0 Å². The number of ether oxygens (including phenoxy) is 2. The van der Waals surface area contributed by atoms with Gasteiger partial charge >= 0.3 is 0 Å². The molecule has 0 aliphatic carbocycles. The molecule has 118 valence electrons. The van der Waals surface area contributed by atoms with E-state index < -0.39 is 0 Å². The highest BCUT2D eigenvalue weighted by molar-refractivity contribution is 14.0. The van der Waals surface area contributed by atoms with Gasteiger partial charge in [0.05, 0.1) is 14.2 Å². The maximum Gasteiger partial charge on any atom is 0.191 e. The number of hydrogen-bond donors (Lipinski definition) is 2. The second kappa shape index (κ2) is 9.70. The monoisotopic (exact) mass is 405 g/mol. The average molecular weight is 405 g/mol. The molecular weight excluding hydrogens is 381 g/mol. The van der Waals surface area contributed by atoms with Crippen LogP contribution in [0.5, 0.6) is 11.5 Å². The quantitative estimate of drug-likeness (QED) is 0.738. The molecule has 1 aliphatic heterocycles. The van der Waals surface area contributed by atoms with Crippen molar-refractivity contribution in [3.63, 3.8) is 0 Å². The fourth-order valence-corrected chi connectivity index (χ4v) is 2.14. The van der Waals surface area contributed by atoms with Crippen molar-refractivity contribution in [2.24, 2.45) is 4.99 Å². The van der Waals surface area contributed by atoms with Crippen LogP contribution >= 0.6 is 24.0 Å². The minimum atomic E-state index is 0. The van der Waals surface area contributed by atoms with Crippen molar-refractivity contribution in [2.75, 3.05) is 33.9 Å². The molecule has 21 heavy (non-hydrogen) atoms. The Kier molecular flexibility index (Phi) is 8.26. The zero-order chi connectivity index (χ0) is 14.2. The minimum absolute atomic E-state index is 0. The summed E-state index contributed by atoms with van der Waals surface area (Å²) in [6, 6.07) is 5.95. The van der Waals surface area contributed by atoms with Crippen molar-refractivity contribution in [1.29, 1.82) is 0 Å². The van der Waals surface area contributed by atoms with Gasteiger partial charge in [0, 0.05) is 25.7 Å². The number of guanidine groups is 1. The maximum absolute atomic E-state index is 5.27. The van der Waals surface area contributed by atoms with Gasteiger partial charge in [0.15, 0.2) is 5.96 Å². The van der Waals surface area contributed by atoms with Crippen LogP contribution in [0.4, 0.5) is 0 Å². The van der Waals surface area contributed by atoms with Gasteiger partial charge in [0.25, 0.3) is 0 Å². The van der Waals surface area contributed by atoms with E-state index in [4.69, 9.17) is 9.47 Å². The van der Waals surface area contributed by atoms with Crippen LogP contribution < -0.4 is 20.1 Å². The van der Waals surface area contributed by atoms with Gasteiger partial charge in [-0.3, -0.25) is 4.99 Å². The predicted molar refractivity (Wildman–Crippen MR) is 96.2 cm³/mol. The Morgan fingerprint density at radius 2 is 1.86 bits per heavy atom. The van der Waals surface area contributed by atoms with E-state index in [1.165, 1.54) is 12.0 Å². The highest BCUT2D eigenvalue weighted by Crippen LogP contribution is 2.22. The Morgan fingerprint density at radius 3 is 2.52 bits per heavy atom. The molecule has 0 saturated heterocycles. The van der Waals surface area contributed by atoms with Gasteiger partial charge in [0.1, 0.15) is 11.5 Å². The molecule has 0 amide bonds. The molecule has 2 N–H and O–H groups in total. The number of nitrogens with zero attached hydrogens (tertiary/aromatic N) is 1. The molecule has 1 aromatic rings. The normalized spacial score (nSPS) is 14.1. The van der Waals surface area contributed by atoms with Gasteiger partial charge in [-0.05, 0) is 37.0 Å². The second-order valence-corrected chi connectivity index (χ2v) is 4.76. The van der Waals surface area contributed by atoms with Crippen molar-refractivity contribution in [3.05, 3.63) is 23.8 Å². The number of halogens is 1. The first-order valence-electron chi connectivity index (χ1n) is 7.06. The van der Waals surface area contributed by atoms with Crippen LogP contribution in [0.3, 0.4) is 0 Å². The zero-order valence-electron chi connectivity index (χ0n) is 12.6. The predicted octanol–water partition coefficient (Wildman–Crippen LogP) is 2.19. The number of aliphatic imine (C=N–C) groups is 1. The molecule has 0 spiro atoms. The van der Waals surface area contributed by atoms with E-state index in [-0.39, 0.29) is 24.0 Å². The maximum atomic E-state index is 5.27. The van der Waals surface area contributed by atoms with Gasteiger partial charge < -0.3 is 20.1 Å². The van der Waals surface area contributed by atoms with E-state index in [1.54, 1.807) is 14.2 Å². The Hall–Kier alpha value is -1.18. The van der Waals surface area contributed by atoms with Crippen LogP contribution in [0.2, 0.25) is 0 Å². The van der Waals surface area contributed by atoms with Crippen LogP contribution in [0.15, 0.2) is 23.2 Å². The van der Waals surface area contributed by atoms with Crippen LogP contribution in [0.1, 0.15) is 18.4 Å². The van der Waals surface area contributed by atoms with E-state index in [1.807, 2.05) is 18.2 Å². The van der Waals surface area contributed by atoms with E-state index in [0.29, 0.717) is 0 Å². The molecule has 0 aromatic heterocycles. The highest BCUT2D eigenvalue weighted by atomic mass is 127. The summed E-state index contributed by atoms with van der Waals surface area (Å²) in [4.78, 5) is 4.47. The van der Waals surface area contributed by atoms with Gasteiger partial charge in [-0.15, -0.1) is 24.0 Å². The van der Waals surface area contributed by atoms with Crippen molar-refractivity contribution < 1.29 is 9.47 Å². The molecule has 6 heteroatoms. The van der Waals surface area contributed by atoms with Gasteiger partial charge in [-0.25, -0.2) is 0 Å². The number of hydrogen-bond acceptors (Lipinski definition) is 5. The molecule has 0 bridgehead atoms. The van der Waals surface area contributed by atoms with E-state index in [2.05, 4.69) is 15.6 Å². The first-order valence-corrected chi connectivity index (χ1v) is 7.06. The Balaban J connectivity index is 0.00000220. The third-order valence-electron chi connectivity index (χ3n) is 3.26. The summed E-state index contributed by atoms with van der Waals surface area (Å²) in [5.74, 6) is 2.56. The summed E-state index contributed by atoms with van der Waals surface area (Å²) in [7, 11) is 3.34. The molecular formula is C15H24IN3O2. The lowest BCUT2D eigenvalue weighted by molar-refractivity contribution is 0.393. The topological polar surface area (TPSA) is 54.9 Å². The number of nitrogens with one attached hydrogen (secondary N) is 2. The van der Waals surface area contributed by atoms with Crippen LogP contribution in [0, 0.1) is 0 Å². The molecule has 1 aromatic carbocycles. The molecule has 0 atom stereocenters. The summed E-state index contributed by atoms with van der Waals surface area (Å²) >= 11 is 0. The molecule has 0 unspecified atom stereocenters. The molecule has 1 aliphatic rings. The Labute approximate surface area is 143 Å². The van der Waals surface area contributed by atoms with Gasteiger partial charge in [-0.2, -0.15) is 0 Å². The van der Waals surface area contributed by atoms with Crippen molar-refractivity contribution >= 4 is 29.9 Å². The number of benzene rings is 1. The SMILES string of the molecule is COc1cc(CCNC2=NCCCCN2)cc(OC)c1.I. The fourth-order valence-electron chi connectivity index (χ4n) is 2.14. The lowest BCUT2D eigenvalue weighted by Gasteiger charge is -2.11. The zero-order valence-corrected chi connectivity index (χ0v) is 15.0. The minimum Gasteiger partial charge on any atom is -0.497 e. The number of methoxy groups -OCH3 is 2. The first-order chi connectivity index (χ1) is 9.81. The summed E-state index contributed by atoms with van der Waals surface area (Å²) in [5.41, 5.74) is 1.18. The molecule has 1 heterocycles. The summed E-state index contributed by atoms with van der Waals surface area (Å²) < 4.78 is 10.5. The lowest BCUT2D eigenvalue weighted by Crippen LogP contribution is -2.38. The van der Waals surface area contributed by atoms with Crippen molar-refractivity contribution in [3.8, 4) is 11.5 Å². The fraction of sp³-hybridized carbons (Fsp3) is 0.533.